The molecule has 36 heavy (non-hydrogen) atoms. The summed E-state index contributed by atoms with van der Waals surface area (Å²) < 4.78 is 0. The monoisotopic (exact) mass is 487 g/mol. The van der Waals surface area contributed by atoms with E-state index in [2.05, 4.69) is 28.1 Å². The lowest BCUT2D eigenvalue weighted by Crippen LogP contribution is -2.43. The van der Waals surface area contributed by atoms with E-state index in [1.807, 2.05) is 50.2 Å². The maximum Gasteiger partial charge on any atom is 0.251 e. The predicted octanol–water partition coefficient (Wildman–Crippen LogP) is 3.50. The minimum Gasteiger partial charge on any atom is -0.506 e. The molecule has 0 spiro atoms. The van der Waals surface area contributed by atoms with Gasteiger partial charge in [0.2, 0.25) is 6.41 Å². The number of benzene rings is 3. The molecule has 4 rings (SSSR count). The Hall–Kier alpha value is -3.68. The van der Waals surface area contributed by atoms with Crippen molar-refractivity contribution in [3.63, 3.8) is 0 Å². The SMILES string of the molecule is CC(C)(Cc1cccc(C(=O)NC2Cc3ccccc3C2)c1)NC[C@@H](O)c1ccc(O)c(NC=O)c1. The number of aliphatic hydroxyl groups is 1. The van der Waals surface area contributed by atoms with Gasteiger partial charge in [-0.3, -0.25) is 9.59 Å². The van der Waals surface area contributed by atoms with Crippen LogP contribution in [0.25, 0.3) is 0 Å². The first kappa shape index (κ1) is 25.4. The van der Waals surface area contributed by atoms with Crippen molar-refractivity contribution in [1.82, 2.24) is 10.6 Å². The Bertz CT molecular complexity index is 1220. The lowest BCUT2D eigenvalue weighted by Gasteiger charge is -2.28. The van der Waals surface area contributed by atoms with Crippen LogP contribution in [0.5, 0.6) is 5.75 Å². The van der Waals surface area contributed by atoms with Gasteiger partial charge < -0.3 is 26.2 Å². The number of fused-ring (bicyclic) bond motifs is 1. The first-order valence-electron chi connectivity index (χ1n) is 12.2. The quantitative estimate of drug-likeness (QED) is 0.222. The molecule has 0 radical (unpaired) electrons. The molecular formula is C29H33N3O4. The normalized spacial score (nSPS) is 14.2. The van der Waals surface area contributed by atoms with Crippen molar-refractivity contribution in [2.24, 2.45) is 0 Å². The Morgan fingerprint density at radius 2 is 1.78 bits per heavy atom. The predicted molar refractivity (Wildman–Crippen MR) is 140 cm³/mol. The molecule has 2 amide bonds. The van der Waals surface area contributed by atoms with Crippen LogP contribution in [-0.4, -0.2) is 40.7 Å². The third-order valence-corrected chi connectivity index (χ3v) is 6.62. The highest BCUT2D eigenvalue weighted by atomic mass is 16.3. The van der Waals surface area contributed by atoms with E-state index < -0.39 is 6.10 Å². The highest BCUT2D eigenvalue weighted by molar-refractivity contribution is 5.94. The molecule has 0 fully saturated rings. The van der Waals surface area contributed by atoms with Gasteiger partial charge in [0.25, 0.3) is 5.91 Å². The molecule has 0 bridgehead atoms. The zero-order chi connectivity index (χ0) is 25.7. The third kappa shape index (κ3) is 6.30. The van der Waals surface area contributed by atoms with Crippen molar-refractivity contribution in [2.75, 3.05) is 11.9 Å². The van der Waals surface area contributed by atoms with Gasteiger partial charge in [-0.1, -0.05) is 42.5 Å². The molecule has 5 N–H and O–H groups in total. The second kappa shape index (κ2) is 10.9. The summed E-state index contributed by atoms with van der Waals surface area (Å²) in [5.41, 5.74) is 4.73. The summed E-state index contributed by atoms with van der Waals surface area (Å²) in [4.78, 5) is 23.7. The number of carbonyl (C=O) groups excluding carboxylic acids is 2. The van der Waals surface area contributed by atoms with E-state index >= 15 is 0 Å². The second-order valence-electron chi connectivity index (χ2n) is 10.0. The molecule has 7 nitrogen and oxygen atoms in total. The van der Waals surface area contributed by atoms with E-state index in [4.69, 9.17) is 0 Å². The van der Waals surface area contributed by atoms with Crippen LogP contribution >= 0.6 is 0 Å². The van der Waals surface area contributed by atoms with Gasteiger partial charge in [-0.15, -0.1) is 0 Å². The van der Waals surface area contributed by atoms with Crippen LogP contribution < -0.4 is 16.0 Å². The molecule has 1 aliphatic rings. The fourth-order valence-electron chi connectivity index (χ4n) is 4.76. The number of nitrogens with one attached hydrogen (secondary N) is 3. The average molecular weight is 488 g/mol. The Labute approximate surface area is 211 Å². The topological polar surface area (TPSA) is 111 Å². The summed E-state index contributed by atoms with van der Waals surface area (Å²) in [7, 11) is 0. The molecule has 188 valence electrons. The molecular weight excluding hydrogens is 454 g/mol. The van der Waals surface area contributed by atoms with Crippen LogP contribution in [0.2, 0.25) is 0 Å². The molecule has 0 saturated carbocycles. The number of aliphatic hydroxyl groups excluding tert-OH is 1. The highest BCUT2D eigenvalue weighted by Crippen LogP contribution is 2.27. The van der Waals surface area contributed by atoms with E-state index in [1.165, 1.54) is 17.2 Å². The average Bonchev–Trinajstić information content (AvgIpc) is 3.26. The zero-order valence-corrected chi connectivity index (χ0v) is 20.6. The van der Waals surface area contributed by atoms with Gasteiger partial charge in [-0.05, 0) is 79.6 Å². The first-order valence-corrected chi connectivity index (χ1v) is 12.2. The number of carbonyl (C=O) groups is 2. The Kier molecular flexibility index (Phi) is 7.72. The minimum absolute atomic E-state index is 0.0623. The van der Waals surface area contributed by atoms with Crippen LogP contribution in [0, 0.1) is 0 Å². The van der Waals surface area contributed by atoms with Crippen molar-refractivity contribution in [3.8, 4) is 5.75 Å². The van der Waals surface area contributed by atoms with Gasteiger partial charge in [0, 0.05) is 23.7 Å². The van der Waals surface area contributed by atoms with Crippen LogP contribution in [0.15, 0.2) is 66.7 Å². The second-order valence-corrected chi connectivity index (χ2v) is 10.0. The molecule has 0 saturated heterocycles. The van der Waals surface area contributed by atoms with Gasteiger partial charge in [0.1, 0.15) is 5.75 Å². The molecule has 7 heteroatoms. The zero-order valence-electron chi connectivity index (χ0n) is 20.6. The molecule has 1 aliphatic carbocycles. The molecule has 0 unspecified atom stereocenters. The minimum atomic E-state index is -0.829. The summed E-state index contributed by atoms with van der Waals surface area (Å²) in [6, 6.07) is 20.7. The van der Waals surface area contributed by atoms with Crippen LogP contribution in [0.4, 0.5) is 5.69 Å². The summed E-state index contributed by atoms with van der Waals surface area (Å²) in [6.45, 7) is 4.36. The number of phenolic OH excluding ortho intramolecular Hbond substituents is 1. The standard InChI is InChI=1S/C29H33N3O4/c1-29(2,31-17-27(35)22-10-11-26(34)25(15-22)30-18-33)16-19-6-5-9-23(12-19)28(36)32-24-13-20-7-3-4-8-21(20)14-24/h3-12,15,18,24,27,31,34-35H,13-14,16-17H2,1-2H3,(H,30,33)(H,32,36)/t27-/m1/s1. The molecule has 3 aromatic carbocycles. The molecule has 3 aromatic rings. The van der Waals surface area contributed by atoms with Crippen LogP contribution in [-0.2, 0) is 24.1 Å². The van der Waals surface area contributed by atoms with Gasteiger partial charge >= 0.3 is 0 Å². The number of hydrogen-bond donors (Lipinski definition) is 5. The van der Waals surface area contributed by atoms with E-state index in [0.717, 1.165) is 18.4 Å². The lowest BCUT2D eigenvalue weighted by atomic mass is 9.93. The van der Waals surface area contributed by atoms with E-state index in [-0.39, 0.29) is 35.5 Å². The van der Waals surface area contributed by atoms with Crippen LogP contribution in [0.3, 0.4) is 0 Å². The lowest BCUT2D eigenvalue weighted by molar-refractivity contribution is -0.105. The summed E-state index contributed by atoms with van der Waals surface area (Å²) in [5, 5.41) is 29.4. The molecule has 1 atom stereocenters. The van der Waals surface area contributed by atoms with Gasteiger partial charge in [-0.2, -0.15) is 0 Å². The number of aromatic hydroxyl groups is 1. The number of rotatable bonds is 10. The first-order chi connectivity index (χ1) is 17.2. The summed E-state index contributed by atoms with van der Waals surface area (Å²) in [5.74, 6) is -0.129. The number of amides is 2. The van der Waals surface area contributed by atoms with E-state index in [0.29, 0.717) is 24.0 Å². The number of β-amino-alcohol motifs (C(OH)–C–C–N with tert-alkyl or cyclic N) is 1. The van der Waals surface area contributed by atoms with Crippen molar-refractivity contribution in [3.05, 3.63) is 94.5 Å². The van der Waals surface area contributed by atoms with Crippen molar-refractivity contribution in [1.29, 1.82) is 0 Å². The number of phenols is 1. The highest BCUT2D eigenvalue weighted by Gasteiger charge is 2.24. The molecule has 0 aliphatic heterocycles. The van der Waals surface area contributed by atoms with Crippen LogP contribution in [0.1, 0.15) is 52.6 Å². The third-order valence-electron chi connectivity index (χ3n) is 6.62. The fraction of sp³-hybridized carbons (Fsp3) is 0.310. The van der Waals surface area contributed by atoms with Crippen molar-refractivity contribution in [2.45, 2.75) is 50.8 Å². The molecule has 0 heterocycles. The molecule has 0 aromatic heterocycles. The fourth-order valence-corrected chi connectivity index (χ4v) is 4.76. The Morgan fingerprint density at radius 1 is 1.06 bits per heavy atom. The van der Waals surface area contributed by atoms with Crippen molar-refractivity contribution >= 4 is 18.0 Å². The maximum absolute atomic E-state index is 12.9. The maximum atomic E-state index is 12.9. The Morgan fingerprint density at radius 3 is 2.47 bits per heavy atom. The van der Waals surface area contributed by atoms with Crippen molar-refractivity contribution < 1.29 is 19.8 Å². The van der Waals surface area contributed by atoms with E-state index in [9.17, 15) is 19.8 Å². The van der Waals surface area contributed by atoms with Gasteiger partial charge in [0.05, 0.1) is 11.8 Å². The largest absolute Gasteiger partial charge is 0.506 e. The van der Waals surface area contributed by atoms with Gasteiger partial charge in [0.15, 0.2) is 0 Å². The summed E-state index contributed by atoms with van der Waals surface area (Å²) in [6.07, 6.45) is 2.02. The van der Waals surface area contributed by atoms with Gasteiger partial charge in [-0.25, -0.2) is 0 Å². The summed E-state index contributed by atoms with van der Waals surface area (Å²) >= 11 is 0. The van der Waals surface area contributed by atoms with E-state index in [1.54, 1.807) is 12.1 Å². The number of anilines is 1. The number of hydrogen-bond acceptors (Lipinski definition) is 5. The smallest absolute Gasteiger partial charge is 0.251 e. The Balaban J connectivity index is 1.33.